The monoisotopic (exact) mass is 300 g/mol. The minimum Gasteiger partial charge on any atom is -0.505 e. The molecule has 0 aromatic carbocycles. The Bertz CT molecular complexity index is 797. The predicted octanol–water partition coefficient (Wildman–Crippen LogP) is 1.05. The van der Waals surface area contributed by atoms with E-state index in [0.717, 1.165) is 12.2 Å². The summed E-state index contributed by atoms with van der Waals surface area (Å²) in [5.41, 5.74) is 1.31. The van der Waals surface area contributed by atoms with E-state index >= 15 is 0 Å². The molecule has 1 saturated heterocycles. The number of ether oxygens (including phenoxy) is 1. The number of fused-ring (bicyclic) bond motifs is 1. The molecule has 22 heavy (non-hydrogen) atoms. The number of aromatic amines is 1. The van der Waals surface area contributed by atoms with Crippen LogP contribution in [-0.4, -0.2) is 55.7 Å². The molecule has 0 amide bonds. The highest BCUT2D eigenvalue weighted by Crippen LogP contribution is 2.28. The van der Waals surface area contributed by atoms with Gasteiger partial charge in [0.1, 0.15) is 17.0 Å². The molecule has 0 aliphatic carbocycles. The molecule has 8 nitrogen and oxygen atoms in total. The summed E-state index contributed by atoms with van der Waals surface area (Å²) in [7, 11) is 0. The van der Waals surface area contributed by atoms with Crippen LogP contribution in [0, 0.1) is 0 Å². The molecule has 3 aromatic heterocycles. The van der Waals surface area contributed by atoms with Crippen LogP contribution >= 0.6 is 0 Å². The molecular formula is C14H16N6O2. The van der Waals surface area contributed by atoms with Crippen LogP contribution < -0.4 is 4.90 Å². The summed E-state index contributed by atoms with van der Waals surface area (Å²) in [5.74, 6) is 1.48. The molecule has 1 aliphatic rings. The second kappa shape index (κ2) is 4.99. The van der Waals surface area contributed by atoms with E-state index in [0.29, 0.717) is 30.4 Å². The summed E-state index contributed by atoms with van der Waals surface area (Å²) in [6.45, 7) is 4.12. The molecule has 114 valence electrons. The molecule has 1 atom stereocenters. The van der Waals surface area contributed by atoms with Gasteiger partial charge in [0.15, 0.2) is 11.6 Å². The molecule has 4 rings (SSSR count). The highest BCUT2D eigenvalue weighted by Gasteiger charge is 2.22. The first kappa shape index (κ1) is 13.1. The van der Waals surface area contributed by atoms with Gasteiger partial charge in [0, 0.05) is 18.8 Å². The SMILES string of the molecule is CC1COCCN1c1cc(O)c2cnc(-c3ccn[nH]3)n2n1. The van der Waals surface area contributed by atoms with Crippen LogP contribution in [0.15, 0.2) is 24.5 Å². The molecule has 1 fully saturated rings. The number of aromatic nitrogens is 5. The van der Waals surface area contributed by atoms with Crippen molar-refractivity contribution in [1.82, 2.24) is 24.8 Å². The van der Waals surface area contributed by atoms with Gasteiger partial charge in [-0.15, -0.1) is 5.10 Å². The fraction of sp³-hybridized carbons (Fsp3) is 0.357. The second-order valence-corrected chi connectivity index (χ2v) is 5.35. The molecule has 8 heteroatoms. The normalized spacial score (nSPS) is 19.0. The van der Waals surface area contributed by atoms with Crippen molar-refractivity contribution in [2.24, 2.45) is 0 Å². The summed E-state index contributed by atoms with van der Waals surface area (Å²) in [6.07, 6.45) is 3.26. The summed E-state index contributed by atoms with van der Waals surface area (Å²) in [4.78, 5) is 6.45. The van der Waals surface area contributed by atoms with Crippen molar-refractivity contribution in [2.75, 3.05) is 24.7 Å². The van der Waals surface area contributed by atoms with Gasteiger partial charge in [-0.1, -0.05) is 0 Å². The van der Waals surface area contributed by atoms with Gasteiger partial charge in [-0.2, -0.15) is 5.10 Å². The van der Waals surface area contributed by atoms with Gasteiger partial charge in [0.25, 0.3) is 0 Å². The van der Waals surface area contributed by atoms with Gasteiger partial charge in [-0.3, -0.25) is 5.10 Å². The van der Waals surface area contributed by atoms with E-state index < -0.39 is 0 Å². The standard InChI is InChI=1S/C14H16N6O2/c1-9-8-22-5-4-19(9)13-6-12(21)11-7-15-14(20(11)18-13)10-2-3-16-17-10/h2-3,6-7,9,21H,4-5,8H2,1H3,(H,16,17). The first-order valence-corrected chi connectivity index (χ1v) is 7.16. The van der Waals surface area contributed by atoms with Gasteiger partial charge in [-0.05, 0) is 13.0 Å². The number of rotatable bonds is 2. The van der Waals surface area contributed by atoms with Crippen molar-refractivity contribution in [2.45, 2.75) is 13.0 Å². The van der Waals surface area contributed by atoms with Crippen LogP contribution in [0.5, 0.6) is 5.75 Å². The Morgan fingerprint density at radius 2 is 2.36 bits per heavy atom. The maximum Gasteiger partial charge on any atom is 0.179 e. The van der Waals surface area contributed by atoms with E-state index in [1.54, 1.807) is 23.0 Å². The minimum absolute atomic E-state index is 0.155. The van der Waals surface area contributed by atoms with E-state index in [1.807, 2.05) is 6.07 Å². The Kier molecular flexibility index (Phi) is 2.97. The molecule has 0 spiro atoms. The zero-order chi connectivity index (χ0) is 15.1. The van der Waals surface area contributed by atoms with Crippen molar-refractivity contribution in [3.63, 3.8) is 0 Å². The van der Waals surface area contributed by atoms with Crippen molar-refractivity contribution >= 4 is 11.3 Å². The molecule has 2 N–H and O–H groups in total. The number of aromatic hydroxyl groups is 1. The van der Waals surface area contributed by atoms with Crippen LogP contribution in [-0.2, 0) is 4.74 Å². The molecule has 1 unspecified atom stereocenters. The molecule has 3 aromatic rings. The second-order valence-electron chi connectivity index (χ2n) is 5.35. The van der Waals surface area contributed by atoms with Crippen LogP contribution in [0.2, 0.25) is 0 Å². The van der Waals surface area contributed by atoms with Gasteiger partial charge in [0.2, 0.25) is 0 Å². The Morgan fingerprint density at radius 1 is 1.45 bits per heavy atom. The maximum absolute atomic E-state index is 10.3. The minimum atomic E-state index is 0.155. The maximum atomic E-state index is 10.3. The third-order valence-corrected chi connectivity index (χ3v) is 3.87. The molecule has 4 heterocycles. The fourth-order valence-electron chi connectivity index (χ4n) is 2.72. The third-order valence-electron chi connectivity index (χ3n) is 3.87. The average Bonchev–Trinajstić information content (AvgIpc) is 3.16. The predicted molar refractivity (Wildman–Crippen MR) is 79.9 cm³/mol. The van der Waals surface area contributed by atoms with Crippen molar-refractivity contribution in [3.05, 3.63) is 24.5 Å². The number of anilines is 1. The van der Waals surface area contributed by atoms with E-state index in [4.69, 9.17) is 4.74 Å². The van der Waals surface area contributed by atoms with E-state index in [-0.39, 0.29) is 11.8 Å². The fourth-order valence-corrected chi connectivity index (χ4v) is 2.72. The van der Waals surface area contributed by atoms with Crippen molar-refractivity contribution in [1.29, 1.82) is 0 Å². The number of morpholine rings is 1. The smallest absolute Gasteiger partial charge is 0.179 e. The van der Waals surface area contributed by atoms with E-state index in [9.17, 15) is 5.11 Å². The Labute approximate surface area is 126 Å². The van der Waals surface area contributed by atoms with Crippen LogP contribution in [0.1, 0.15) is 6.92 Å². The largest absolute Gasteiger partial charge is 0.505 e. The van der Waals surface area contributed by atoms with E-state index in [1.165, 1.54) is 0 Å². The lowest BCUT2D eigenvalue weighted by Crippen LogP contribution is -2.44. The van der Waals surface area contributed by atoms with Gasteiger partial charge < -0.3 is 14.7 Å². The lowest BCUT2D eigenvalue weighted by Gasteiger charge is -2.34. The summed E-state index contributed by atoms with van der Waals surface area (Å²) in [6, 6.07) is 3.70. The summed E-state index contributed by atoms with van der Waals surface area (Å²) >= 11 is 0. The number of nitrogens with one attached hydrogen (secondary N) is 1. The molecule has 0 saturated carbocycles. The van der Waals surface area contributed by atoms with Crippen LogP contribution in [0.3, 0.4) is 0 Å². The van der Waals surface area contributed by atoms with Gasteiger partial charge >= 0.3 is 0 Å². The van der Waals surface area contributed by atoms with E-state index in [2.05, 4.69) is 32.1 Å². The van der Waals surface area contributed by atoms with Gasteiger partial charge in [-0.25, -0.2) is 9.50 Å². The van der Waals surface area contributed by atoms with Crippen LogP contribution in [0.4, 0.5) is 5.82 Å². The number of nitrogens with zero attached hydrogens (tertiary/aromatic N) is 5. The number of H-pyrrole nitrogens is 1. The summed E-state index contributed by atoms with van der Waals surface area (Å²) < 4.78 is 7.09. The zero-order valence-electron chi connectivity index (χ0n) is 12.1. The Balaban J connectivity index is 1.85. The number of imidazole rings is 1. The lowest BCUT2D eigenvalue weighted by molar-refractivity contribution is 0.0984. The Morgan fingerprint density at radius 3 is 3.14 bits per heavy atom. The zero-order valence-corrected chi connectivity index (χ0v) is 12.1. The average molecular weight is 300 g/mol. The van der Waals surface area contributed by atoms with Crippen molar-refractivity contribution < 1.29 is 9.84 Å². The number of hydrogen-bond donors (Lipinski definition) is 2. The Hall–Kier alpha value is -2.61. The lowest BCUT2D eigenvalue weighted by atomic mass is 10.2. The molecule has 0 radical (unpaired) electrons. The molecule has 1 aliphatic heterocycles. The van der Waals surface area contributed by atoms with Gasteiger partial charge in [0.05, 0.1) is 25.5 Å². The number of hydrogen-bond acceptors (Lipinski definition) is 6. The van der Waals surface area contributed by atoms with Crippen LogP contribution in [0.25, 0.3) is 17.0 Å². The summed E-state index contributed by atoms with van der Waals surface area (Å²) in [5, 5.41) is 21.7. The molecule has 0 bridgehead atoms. The topological polar surface area (TPSA) is 91.6 Å². The highest BCUT2D eigenvalue weighted by atomic mass is 16.5. The first-order chi connectivity index (χ1) is 10.7. The third kappa shape index (κ3) is 2.00. The quantitative estimate of drug-likeness (QED) is 0.735. The first-order valence-electron chi connectivity index (χ1n) is 7.16. The highest BCUT2D eigenvalue weighted by molar-refractivity contribution is 5.67. The van der Waals surface area contributed by atoms with Crippen molar-refractivity contribution in [3.8, 4) is 17.3 Å². The molecular weight excluding hydrogens is 284 g/mol.